The average molecular weight is 251 g/mol. The topological polar surface area (TPSA) is 28.7 Å². The van der Waals surface area contributed by atoms with Gasteiger partial charge in [-0.3, -0.25) is 5.10 Å². The van der Waals surface area contributed by atoms with E-state index in [2.05, 4.69) is 42.2 Å². The molecule has 1 aromatic heterocycles. The zero-order valence-corrected chi connectivity index (χ0v) is 10.6. The average Bonchev–Trinajstić information content (AvgIpc) is 2.20. The van der Waals surface area contributed by atoms with Crippen molar-refractivity contribution in [2.24, 2.45) is 0 Å². The zero-order valence-electron chi connectivity index (χ0n) is 9.04. The summed E-state index contributed by atoms with van der Waals surface area (Å²) in [6, 6.07) is 8.08. The Morgan fingerprint density at radius 1 is 1.12 bits per heavy atom. The van der Waals surface area contributed by atoms with Crippen molar-refractivity contribution in [2.45, 2.75) is 13.8 Å². The molecule has 0 aliphatic rings. The molecular weight excluding hydrogens is 240 g/mol. The first-order chi connectivity index (χ1) is 7.56. The lowest BCUT2D eigenvalue weighted by Gasteiger charge is -2.05. The summed E-state index contributed by atoms with van der Waals surface area (Å²) in [6.45, 7) is 4.12. The third-order valence-corrected chi connectivity index (χ3v) is 2.81. The first kappa shape index (κ1) is 11.3. The molecule has 1 N–H and O–H groups in total. The number of aromatic nitrogens is 2. The van der Waals surface area contributed by atoms with Crippen molar-refractivity contribution >= 4 is 23.8 Å². The predicted octanol–water partition coefficient (Wildman–Crippen LogP) is 4.08. The van der Waals surface area contributed by atoms with E-state index in [1.165, 1.54) is 11.1 Å². The van der Waals surface area contributed by atoms with Crippen LogP contribution in [0.4, 0.5) is 0 Å². The quantitative estimate of drug-likeness (QED) is 0.773. The Kier molecular flexibility index (Phi) is 3.08. The van der Waals surface area contributed by atoms with Crippen molar-refractivity contribution in [3.8, 4) is 11.1 Å². The fraction of sp³-hybridized carbons (Fsp3) is 0.167. The molecule has 4 heteroatoms. The van der Waals surface area contributed by atoms with Crippen molar-refractivity contribution in [1.82, 2.24) is 10.2 Å². The van der Waals surface area contributed by atoms with Crippen molar-refractivity contribution in [1.29, 1.82) is 0 Å². The van der Waals surface area contributed by atoms with Crippen molar-refractivity contribution < 1.29 is 0 Å². The van der Waals surface area contributed by atoms with Crippen LogP contribution in [0.5, 0.6) is 0 Å². The Morgan fingerprint density at radius 2 is 1.75 bits per heavy atom. The summed E-state index contributed by atoms with van der Waals surface area (Å²) in [5, 5.41) is 7.00. The summed E-state index contributed by atoms with van der Waals surface area (Å²) in [4.78, 5) is 0. The Labute approximate surface area is 104 Å². The van der Waals surface area contributed by atoms with E-state index >= 15 is 0 Å². The highest BCUT2D eigenvalue weighted by molar-refractivity contribution is 7.71. The van der Waals surface area contributed by atoms with E-state index in [0.717, 1.165) is 11.1 Å². The standard InChI is InChI=1S/C12H11ClN2S/c1-7-3-8(2)5-9(4-7)10-6-11(13)14-15-12(10)16/h3-6H,1-2H3,(H,15,16). The summed E-state index contributed by atoms with van der Waals surface area (Å²) in [6.07, 6.45) is 0. The molecule has 2 nitrogen and oxygen atoms in total. The van der Waals surface area contributed by atoms with Gasteiger partial charge in [0.1, 0.15) is 9.79 Å². The number of benzene rings is 1. The van der Waals surface area contributed by atoms with E-state index in [1.54, 1.807) is 6.07 Å². The number of nitrogens with one attached hydrogen (secondary N) is 1. The summed E-state index contributed by atoms with van der Waals surface area (Å²) >= 11 is 11.1. The first-order valence-electron chi connectivity index (χ1n) is 4.90. The van der Waals surface area contributed by atoms with Crippen LogP contribution in [0, 0.1) is 18.5 Å². The van der Waals surface area contributed by atoms with Crippen molar-refractivity contribution in [2.75, 3.05) is 0 Å². The SMILES string of the molecule is Cc1cc(C)cc(-c2cc(Cl)n[nH]c2=S)c1. The lowest BCUT2D eigenvalue weighted by Crippen LogP contribution is -1.89. The third-order valence-electron chi connectivity index (χ3n) is 2.31. The molecule has 0 spiro atoms. The van der Waals surface area contributed by atoms with Gasteiger partial charge in [-0.25, -0.2) is 0 Å². The molecule has 82 valence electrons. The van der Waals surface area contributed by atoms with E-state index in [4.69, 9.17) is 23.8 Å². The molecule has 16 heavy (non-hydrogen) atoms. The molecule has 0 saturated carbocycles. The summed E-state index contributed by atoms with van der Waals surface area (Å²) in [5.74, 6) is 0. The Hall–Kier alpha value is -1.19. The molecule has 0 fully saturated rings. The molecule has 0 unspecified atom stereocenters. The van der Waals surface area contributed by atoms with Crippen LogP contribution in [0.2, 0.25) is 5.15 Å². The highest BCUT2D eigenvalue weighted by atomic mass is 35.5. The number of nitrogens with zero attached hydrogens (tertiary/aromatic N) is 1. The van der Waals surface area contributed by atoms with Crippen molar-refractivity contribution in [3.63, 3.8) is 0 Å². The van der Waals surface area contributed by atoms with Crippen LogP contribution < -0.4 is 0 Å². The normalized spacial score (nSPS) is 10.4. The first-order valence-corrected chi connectivity index (χ1v) is 5.69. The summed E-state index contributed by atoms with van der Waals surface area (Å²) < 4.78 is 0.606. The minimum atomic E-state index is 0.419. The van der Waals surface area contributed by atoms with Crippen LogP contribution in [0.3, 0.4) is 0 Å². The number of H-pyrrole nitrogens is 1. The van der Waals surface area contributed by atoms with Gasteiger partial charge in [-0.2, -0.15) is 5.10 Å². The van der Waals surface area contributed by atoms with Crippen LogP contribution in [-0.2, 0) is 0 Å². The van der Waals surface area contributed by atoms with E-state index in [9.17, 15) is 0 Å². The molecular formula is C12H11ClN2S. The van der Waals surface area contributed by atoms with Crippen LogP contribution in [-0.4, -0.2) is 10.2 Å². The molecule has 0 aliphatic heterocycles. The van der Waals surface area contributed by atoms with Gasteiger partial charge in [-0.1, -0.05) is 53.1 Å². The van der Waals surface area contributed by atoms with E-state index in [-0.39, 0.29) is 0 Å². The molecule has 0 bridgehead atoms. The molecule has 1 aromatic carbocycles. The molecule has 0 amide bonds. The highest BCUT2D eigenvalue weighted by Crippen LogP contribution is 2.24. The van der Waals surface area contributed by atoms with Gasteiger partial charge in [0.15, 0.2) is 0 Å². The van der Waals surface area contributed by atoms with Crippen molar-refractivity contribution in [3.05, 3.63) is 45.2 Å². The third kappa shape index (κ3) is 2.31. The van der Waals surface area contributed by atoms with Gasteiger partial charge in [0, 0.05) is 5.56 Å². The molecule has 0 saturated heterocycles. The number of hydrogen-bond donors (Lipinski definition) is 1. The van der Waals surface area contributed by atoms with E-state index < -0.39 is 0 Å². The van der Waals surface area contributed by atoms with Crippen LogP contribution in [0.1, 0.15) is 11.1 Å². The zero-order chi connectivity index (χ0) is 11.7. The van der Waals surface area contributed by atoms with Gasteiger partial charge < -0.3 is 0 Å². The Balaban J connectivity index is 2.67. The van der Waals surface area contributed by atoms with Gasteiger partial charge in [0.2, 0.25) is 0 Å². The van der Waals surface area contributed by atoms with Gasteiger partial charge >= 0.3 is 0 Å². The van der Waals surface area contributed by atoms with Crippen LogP contribution in [0.15, 0.2) is 24.3 Å². The molecule has 0 radical (unpaired) electrons. The molecule has 1 heterocycles. The maximum absolute atomic E-state index is 5.86. The molecule has 0 atom stereocenters. The second-order valence-electron chi connectivity index (χ2n) is 3.81. The van der Waals surface area contributed by atoms with Crippen LogP contribution in [0.25, 0.3) is 11.1 Å². The minimum absolute atomic E-state index is 0.419. The second-order valence-corrected chi connectivity index (χ2v) is 4.61. The fourth-order valence-electron chi connectivity index (χ4n) is 1.73. The maximum Gasteiger partial charge on any atom is 0.150 e. The molecule has 2 rings (SSSR count). The smallest absolute Gasteiger partial charge is 0.150 e. The predicted molar refractivity (Wildman–Crippen MR) is 69.3 cm³/mol. The maximum atomic E-state index is 5.86. The number of hydrogen-bond acceptors (Lipinski definition) is 2. The molecule has 0 aliphatic carbocycles. The monoisotopic (exact) mass is 250 g/mol. The Bertz CT molecular complexity index is 570. The van der Waals surface area contributed by atoms with E-state index in [1.807, 2.05) is 0 Å². The van der Waals surface area contributed by atoms with Gasteiger partial charge in [0.05, 0.1) is 0 Å². The number of halogens is 1. The second kappa shape index (κ2) is 4.36. The van der Waals surface area contributed by atoms with E-state index in [0.29, 0.717) is 9.79 Å². The lowest BCUT2D eigenvalue weighted by atomic mass is 10.0. The molecule has 2 aromatic rings. The summed E-state index contributed by atoms with van der Waals surface area (Å²) in [5.41, 5.74) is 4.40. The summed E-state index contributed by atoms with van der Waals surface area (Å²) in [7, 11) is 0. The number of aromatic amines is 1. The fourth-order valence-corrected chi connectivity index (χ4v) is 2.10. The number of rotatable bonds is 1. The Morgan fingerprint density at radius 3 is 2.38 bits per heavy atom. The lowest BCUT2D eigenvalue weighted by molar-refractivity contribution is 1.02. The minimum Gasteiger partial charge on any atom is -0.266 e. The number of aryl methyl sites for hydroxylation is 2. The van der Waals surface area contributed by atoms with Gasteiger partial charge in [-0.15, -0.1) is 0 Å². The van der Waals surface area contributed by atoms with Gasteiger partial charge in [-0.05, 0) is 25.5 Å². The highest BCUT2D eigenvalue weighted by Gasteiger charge is 2.03. The van der Waals surface area contributed by atoms with Crippen LogP contribution >= 0.6 is 23.8 Å². The van der Waals surface area contributed by atoms with Gasteiger partial charge in [0.25, 0.3) is 0 Å². The largest absolute Gasteiger partial charge is 0.266 e.